The van der Waals surface area contributed by atoms with E-state index < -0.39 is 0 Å². The normalized spacial score (nSPS) is 11.0. The molecule has 0 atom stereocenters. The van der Waals surface area contributed by atoms with Crippen molar-refractivity contribution in [3.8, 4) is 22.5 Å². The molecule has 0 spiro atoms. The molecule has 0 unspecified atom stereocenters. The molecule has 0 aliphatic rings. The molecule has 2 heterocycles. The fourth-order valence-electron chi connectivity index (χ4n) is 3.61. The van der Waals surface area contributed by atoms with Crippen LogP contribution in [0.5, 0.6) is 0 Å². The van der Waals surface area contributed by atoms with Crippen LogP contribution in [0.2, 0.25) is 5.02 Å². The third-order valence-electron chi connectivity index (χ3n) is 5.59. The number of benzene rings is 2. The summed E-state index contributed by atoms with van der Waals surface area (Å²) in [5.74, 6) is -0.142. The topological polar surface area (TPSA) is 116 Å². The van der Waals surface area contributed by atoms with E-state index in [0.29, 0.717) is 40.5 Å². The number of carbonyl (C=O) groups excluding carboxylic acids is 1. The van der Waals surface area contributed by atoms with E-state index in [1.807, 2.05) is 72.6 Å². The summed E-state index contributed by atoms with van der Waals surface area (Å²) in [6, 6.07) is 19.3. The minimum absolute atomic E-state index is 0.0183. The molecule has 0 aliphatic heterocycles. The third-order valence-corrected chi connectivity index (χ3v) is 5.96. The maximum atomic E-state index is 13.0. The van der Waals surface area contributed by atoms with Crippen molar-refractivity contribution in [3.63, 3.8) is 0 Å². The van der Waals surface area contributed by atoms with Crippen molar-refractivity contribution >= 4 is 28.5 Å². The van der Waals surface area contributed by atoms with Crippen molar-refractivity contribution in [2.45, 2.75) is 6.54 Å². The maximum absolute atomic E-state index is 13.0. The van der Waals surface area contributed by atoms with Gasteiger partial charge in [0.25, 0.3) is 0 Å². The fraction of sp³-hybridized carbons (Fsp3) is 0.250. The van der Waals surface area contributed by atoms with Gasteiger partial charge in [-0.3, -0.25) is 9.69 Å². The number of nitrogens with zero attached hydrogens (tertiary/aromatic N) is 9. The van der Waals surface area contributed by atoms with Crippen LogP contribution in [-0.2, 0) is 11.3 Å². The first-order valence-corrected chi connectivity index (χ1v) is 11.3. The first-order valence-electron chi connectivity index (χ1n) is 11.0. The van der Waals surface area contributed by atoms with Gasteiger partial charge in [-0.1, -0.05) is 77.4 Å². The number of amides is 1. The molecule has 35 heavy (non-hydrogen) atoms. The molecule has 0 aliphatic carbocycles. The van der Waals surface area contributed by atoms with Crippen LogP contribution < -0.4 is 0 Å². The predicted molar refractivity (Wildman–Crippen MR) is 135 cm³/mol. The van der Waals surface area contributed by atoms with Crippen LogP contribution >= 0.6 is 11.6 Å². The monoisotopic (exact) mass is 489 g/mol. The fourth-order valence-corrected chi connectivity index (χ4v) is 3.93. The minimum atomic E-state index is -0.142. The summed E-state index contributed by atoms with van der Waals surface area (Å²) in [7, 11) is 3.54. The lowest BCUT2D eigenvalue weighted by molar-refractivity contribution is -0.130. The highest BCUT2D eigenvalue weighted by Crippen LogP contribution is 2.37. The van der Waals surface area contributed by atoms with Crippen LogP contribution in [0.15, 0.2) is 65.8 Å². The van der Waals surface area contributed by atoms with Crippen LogP contribution in [0.4, 0.5) is 0 Å². The lowest BCUT2D eigenvalue weighted by Gasteiger charge is -2.21. The number of azide groups is 1. The predicted octanol–water partition coefficient (Wildman–Crippen LogP) is 4.47. The van der Waals surface area contributed by atoms with E-state index in [-0.39, 0.29) is 19.1 Å². The van der Waals surface area contributed by atoms with Gasteiger partial charge in [0, 0.05) is 36.2 Å². The zero-order valence-electron chi connectivity index (χ0n) is 19.4. The molecule has 0 saturated heterocycles. The Balaban J connectivity index is 1.68. The molecular weight excluding hydrogens is 466 g/mol. The summed E-state index contributed by atoms with van der Waals surface area (Å²) in [5.41, 5.74) is 11.8. The first-order chi connectivity index (χ1) is 17.0. The lowest BCUT2D eigenvalue weighted by Crippen LogP contribution is -2.36. The Hall–Kier alpha value is -3.98. The van der Waals surface area contributed by atoms with Gasteiger partial charge in [0.05, 0.1) is 17.1 Å². The van der Waals surface area contributed by atoms with E-state index in [9.17, 15) is 4.79 Å². The molecule has 11 heteroatoms. The largest absolute Gasteiger partial charge is 0.343 e. The molecule has 0 fully saturated rings. The molecule has 0 N–H and O–H groups in total. The number of likely N-dealkylation sites (N-methyl/N-ethyl adjacent to an activating group) is 2. The Morgan fingerprint density at radius 1 is 1.00 bits per heavy atom. The quantitative estimate of drug-likeness (QED) is 0.195. The van der Waals surface area contributed by atoms with E-state index in [1.165, 1.54) is 0 Å². The van der Waals surface area contributed by atoms with E-state index >= 15 is 0 Å². The summed E-state index contributed by atoms with van der Waals surface area (Å²) in [6.07, 6.45) is 0. The van der Waals surface area contributed by atoms with Gasteiger partial charge in [-0.05, 0) is 12.6 Å². The number of halogens is 1. The third kappa shape index (κ3) is 5.41. The average Bonchev–Trinajstić information content (AvgIpc) is 3.26. The zero-order valence-corrected chi connectivity index (χ0v) is 20.2. The second-order valence-electron chi connectivity index (χ2n) is 8.07. The van der Waals surface area contributed by atoms with Crippen LogP contribution in [0.3, 0.4) is 0 Å². The molecule has 0 radical (unpaired) electrons. The van der Waals surface area contributed by atoms with Crippen molar-refractivity contribution < 1.29 is 4.79 Å². The van der Waals surface area contributed by atoms with Gasteiger partial charge in [0.15, 0.2) is 5.65 Å². The second-order valence-corrected chi connectivity index (χ2v) is 8.44. The summed E-state index contributed by atoms with van der Waals surface area (Å²) in [6.45, 7) is 1.24. The van der Waals surface area contributed by atoms with Gasteiger partial charge in [-0.2, -0.15) is 5.10 Å². The summed E-state index contributed by atoms with van der Waals surface area (Å²) >= 11 is 6.88. The Morgan fingerprint density at radius 2 is 1.63 bits per heavy atom. The highest BCUT2D eigenvalue weighted by molar-refractivity contribution is 6.38. The van der Waals surface area contributed by atoms with Gasteiger partial charge in [-0.25, -0.2) is 4.68 Å². The standard InChI is InChI=1S/C24H24ClN9O/c1-32(16-27-31-26)13-14-33(2)19(35)15-34-24-20(22(30-34)17-9-5-3-6-10-17)21(25)23(28-29-24)18-11-7-4-8-12-18/h3-12H,13-16H2,1-2H3. The Bertz CT molecular complexity index is 1370. The lowest BCUT2D eigenvalue weighted by atomic mass is 10.1. The summed E-state index contributed by atoms with van der Waals surface area (Å²) < 4.78 is 1.55. The van der Waals surface area contributed by atoms with E-state index in [0.717, 1.165) is 11.1 Å². The highest BCUT2D eigenvalue weighted by Gasteiger charge is 2.22. The number of fused-ring (bicyclic) bond motifs is 1. The van der Waals surface area contributed by atoms with Crippen molar-refractivity contribution in [3.05, 3.63) is 76.1 Å². The van der Waals surface area contributed by atoms with Gasteiger partial charge in [0.1, 0.15) is 17.9 Å². The number of hydrogen-bond donors (Lipinski definition) is 0. The molecular formula is C24H24ClN9O. The van der Waals surface area contributed by atoms with Crippen molar-refractivity contribution in [1.29, 1.82) is 0 Å². The van der Waals surface area contributed by atoms with Gasteiger partial charge < -0.3 is 4.90 Å². The molecule has 178 valence electrons. The van der Waals surface area contributed by atoms with Crippen LogP contribution in [0.25, 0.3) is 44.0 Å². The average molecular weight is 490 g/mol. The molecule has 0 saturated carbocycles. The SMILES string of the molecule is CN(CCN(C)C(=O)Cn1nc(-c2ccccc2)c2c(Cl)c(-c3ccccc3)nnc21)CN=[N+]=[N-]. The molecule has 10 nitrogen and oxygen atoms in total. The molecule has 4 aromatic rings. The van der Waals surface area contributed by atoms with Crippen LogP contribution in [0, 0.1) is 0 Å². The highest BCUT2D eigenvalue weighted by atomic mass is 35.5. The molecule has 0 bridgehead atoms. The van der Waals surface area contributed by atoms with Crippen molar-refractivity contribution in [1.82, 2.24) is 29.8 Å². The number of rotatable bonds is 9. The van der Waals surface area contributed by atoms with E-state index in [2.05, 4.69) is 20.2 Å². The Kier molecular flexibility index (Phi) is 7.57. The van der Waals surface area contributed by atoms with E-state index in [4.69, 9.17) is 22.2 Å². The summed E-state index contributed by atoms with van der Waals surface area (Å²) in [5, 5.41) is 18.1. The Labute approximate surface area is 207 Å². The van der Waals surface area contributed by atoms with Crippen molar-refractivity contribution in [2.75, 3.05) is 33.9 Å². The van der Waals surface area contributed by atoms with Gasteiger partial charge >= 0.3 is 0 Å². The first kappa shape index (κ1) is 24.2. The number of carbonyl (C=O) groups is 1. The van der Waals surface area contributed by atoms with Crippen LogP contribution in [0.1, 0.15) is 0 Å². The molecule has 4 rings (SSSR count). The molecule has 2 aromatic carbocycles. The molecule has 2 aromatic heterocycles. The van der Waals surface area contributed by atoms with Gasteiger partial charge in [-0.15, -0.1) is 10.2 Å². The van der Waals surface area contributed by atoms with E-state index in [1.54, 1.807) is 16.6 Å². The molecule has 1 amide bonds. The Morgan fingerprint density at radius 3 is 2.26 bits per heavy atom. The zero-order chi connectivity index (χ0) is 24.8. The smallest absolute Gasteiger partial charge is 0.244 e. The van der Waals surface area contributed by atoms with Crippen LogP contribution in [-0.4, -0.2) is 69.5 Å². The van der Waals surface area contributed by atoms with Crippen molar-refractivity contribution in [2.24, 2.45) is 5.11 Å². The van der Waals surface area contributed by atoms with Gasteiger partial charge in [0.2, 0.25) is 5.91 Å². The minimum Gasteiger partial charge on any atom is -0.343 e. The summed E-state index contributed by atoms with van der Waals surface area (Å²) in [4.78, 5) is 19.2. The maximum Gasteiger partial charge on any atom is 0.244 e. The number of hydrogen-bond acceptors (Lipinski definition) is 6. The number of aromatic nitrogens is 4. The second kappa shape index (κ2) is 11.0.